The zero-order valence-electron chi connectivity index (χ0n) is 8.35. The van der Waals surface area contributed by atoms with Crippen LogP contribution in [0.15, 0.2) is 17.5 Å². The van der Waals surface area contributed by atoms with E-state index in [2.05, 4.69) is 48.5 Å². The molecule has 0 fully saturated rings. The van der Waals surface area contributed by atoms with Crippen molar-refractivity contribution in [3.05, 3.63) is 22.4 Å². The SMILES string of the molecule is CC#CCNC(C)(C)c1cccs1. The van der Waals surface area contributed by atoms with Crippen LogP contribution in [0.2, 0.25) is 0 Å². The predicted molar refractivity (Wildman–Crippen MR) is 58.8 cm³/mol. The molecule has 1 aromatic heterocycles. The number of thiophene rings is 1. The van der Waals surface area contributed by atoms with Gasteiger partial charge in [-0.05, 0) is 32.2 Å². The van der Waals surface area contributed by atoms with Gasteiger partial charge in [-0.25, -0.2) is 0 Å². The summed E-state index contributed by atoms with van der Waals surface area (Å²) in [6.07, 6.45) is 0. The van der Waals surface area contributed by atoms with Gasteiger partial charge >= 0.3 is 0 Å². The fourth-order valence-corrected chi connectivity index (χ4v) is 1.90. The lowest BCUT2D eigenvalue weighted by atomic mass is 10.0. The van der Waals surface area contributed by atoms with Crippen molar-refractivity contribution in [3.8, 4) is 11.8 Å². The minimum atomic E-state index is 0.0397. The Morgan fingerprint density at radius 1 is 1.54 bits per heavy atom. The number of hydrogen-bond acceptors (Lipinski definition) is 2. The van der Waals surface area contributed by atoms with Gasteiger partial charge in [-0.3, -0.25) is 5.32 Å². The van der Waals surface area contributed by atoms with Crippen molar-refractivity contribution in [3.63, 3.8) is 0 Å². The summed E-state index contributed by atoms with van der Waals surface area (Å²) in [6.45, 7) is 6.97. The zero-order valence-corrected chi connectivity index (χ0v) is 9.16. The van der Waals surface area contributed by atoms with E-state index in [0.717, 1.165) is 6.54 Å². The lowest BCUT2D eigenvalue weighted by molar-refractivity contribution is 0.437. The van der Waals surface area contributed by atoms with Crippen molar-refractivity contribution in [2.24, 2.45) is 0 Å². The summed E-state index contributed by atoms with van der Waals surface area (Å²) in [4.78, 5) is 1.35. The molecule has 1 nitrogen and oxygen atoms in total. The van der Waals surface area contributed by atoms with Crippen molar-refractivity contribution in [1.82, 2.24) is 5.32 Å². The molecule has 70 valence electrons. The van der Waals surface area contributed by atoms with Gasteiger partial charge in [0.25, 0.3) is 0 Å². The quantitative estimate of drug-likeness (QED) is 0.728. The molecule has 0 atom stereocenters. The minimum Gasteiger partial charge on any atom is -0.296 e. The van der Waals surface area contributed by atoms with E-state index in [1.807, 2.05) is 6.92 Å². The topological polar surface area (TPSA) is 12.0 Å². The van der Waals surface area contributed by atoms with Crippen LogP contribution in [-0.4, -0.2) is 6.54 Å². The van der Waals surface area contributed by atoms with Gasteiger partial charge in [0, 0.05) is 10.4 Å². The van der Waals surface area contributed by atoms with E-state index in [4.69, 9.17) is 0 Å². The lowest BCUT2D eigenvalue weighted by Gasteiger charge is -2.23. The van der Waals surface area contributed by atoms with E-state index in [1.165, 1.54) is 4.88 Å². The molecule has 0 saturated heterocycles. The fourth-order valence-electron chi connectivity index (χ4n) is 1.07. The van der Waals surface area contributed by atoms with E-state index < -0.39 is 0 Å². The monoisotopic (exact) mass is 193 g/mol. The average molecular weight is 193 g/mol. The number of nitrogens with one attached hydrogen (secondary N) is 1. The van der Waals surface area contributed by atoms with Crippen molar-refractivity contribution in [1.29, 1.82) is 0 Å². The molecule has 13 heavy (non-hydrogen) atoms. The molecule has 0 amide bonds. The van der Waals surface area contributed by atoms with Gasteiger partial charge in [-0.2, -0.15) is 0 Å². The summed E-state index contributed by atoms with van der Waals surface area (Å²) in [5.41, 5.74) is 0.0397. The van der Waals surface area contributed by atoms with Crippen LogP contribution in [-0.2, 0) is 5.54 Å². The number of rotatable bonds is 3. The average Bonchev–Trinajstić information content (AvgIpc) is 2.56. The Morgan fingerprint density at radius 3 is 2.85 bits per heavy atom. The van der Waals surface area contributed by atoms with Crippen LogP contribution in [0.4, 0.5) is 0 Å². The van der Waals surface area contributed by atoms with Crippen LogP contribution in [0, 0.1) is 11.8 Å². The van der Waals surface area contributed by atoms with Crippen molar-refractivity contribution >= 4 is 11.3 Å². The molecule has 0 radical (unpaired) electrons. The van der Waals surface area contributed by atoms with Crippen molar-refractivity contribution < 1.29 is 0 Å². The first-order valence-electron chi connectivity index (χ1n) is 4.35. The molecule has 0 aliphatic rings. The number of hydrogen-bond donors (Lipinski definition) is 1. The Balaban J connectivity index is 2.59. The predicted octanol–water partition coefficient (Wildman–Crippen LogP) is 2.60. The zero-order chi connectivity index (χ0) is 9.73. The second-order valence-corrected chi connectivity index (χ2v) is 4.33. The van der Waals surface area contributed by atoms with Crippen LogP contribution in [0.1, 0.15) is 25.6 Å². The van der Waals surface area contributed by atoms with E-state index in [-0.39, 0.29) is 5.54 Å². The van der Waals surface area contributed by atoms with Gasteiger partial charge in [0.05, 0.1) is 6.54 Å². The van der Waals surface area contributed by atoms with Crippen LogP contribution in [0.3, 0.4) is 0 Å². The van der Waals surface area contributed by atoms with E-state index >= 15 is 0 Å². The molecule has 1 aromatic rings. The first-order valence-corrected chi connectivity index (χ1v) is 5.23. The van der Waals surface area contributed by atoms with Crippen LogP contribution in [0.25, 0.3) is 0 Å². The Labute approximate surface area is 84.2 Å². The highest BCUT2D eigenvalue weighted by atomic mass is 32.1. The maximum atomic E-state index is 3.40. The standard InChI is InChI=1S/C11H15NS/c1-4-5-8-12-11(2,3)10-7-6-9-13-10/h6-7,9,12H,8H2,1-3H3. The minimum absolute atomic E-state index is 0.0397. The Kier molecular flexibility index (Phi) is 3.53. The normalized spacial score (nSPS) is 10.7. The molecule has 1 N–H and O–H groups in total. The van der Waals surface area contributed by atoms with E-state index in [0.29, 0.717) is 0 Å². The molecule has 0 aliphatic carbocycles. The second-order valence-electron chi connectivity index (χ2n) is 3.38. The van der Waals surface area contributed by atoms with Gasteiger partial charge in [-0.15, -0.1) is 17.3 Å². The Hall–Kier alpha value is -0.780. The first-order chi connectivity index (χ1) is 6.17. The Morgan fingerprint density at radius 2 is 2.31 bits per heavy atom. The molecule has 1 rings (SSSR count). The summed E-state index contributed by atoms with van der Waals surface area (Å²) in [7, 11) is 0. The largest absolute Gasteiger partial charge is 0.296 e. The molecule has 0 unspecified atom stereocenters. The van der Waals surface area contributed by atoms with Gasteiger partial charge < -0.3 is 0 Å². The van der Waals surface area contributed by atoms with Gasteiger partial charge in [-0.1, -0.05) is 12.0 Å². The third kappa shape index (κ3) is 2.87. The highest BCUT2D eigenvalue weighted by Crippen LogP contribution is 2.24. The first kappa shape index (κ1) is 10.3. The lowest BCUT2D eigenvalue weighted by Crippen LogP contribution is -2.35. The van der Waals surface area contributed by atoms with E-state index in [1.54, 1.807) is 11.3 Å². The summed E-state index contributed by atoms with van der Waals surface area (Å²) in [6, 6.07) is 4.23. The molecule has 0 bridgehead atoms. The molecule has 0 aromatic carbocycles. The summed E-state index contributed by atoms with van der Waals surface area (Å²) in [5, 5.41) is 5.50. The van der Waals surface area contributed by atoms with Crippen LogP contribution in [0.5, 0.6) is 0 Å². The van der Waals surface area contributed by atoms with Gasteiger partial charge in [0.15, 0.2) is 0 Å². The molecule has 0 aliphatic heterocycles. The second kappa shape index (κ2) is 4.45. The molecular weight excluding hydrogens is 178 g/mol. The molecule has 0 saturated carbocycles. The highest BCUT2D eigenvalue weighted by Gasteiger charge is 2.19. The summed E-state index contributed by atoms with van der Waals surface area (Å²) in [5.74, 6) is 5.89. The van der Waals surface area contributed by atoms with Crippen molar-refractivity contribution in [2.45, 2.75) is 26.3 Å². The summed E-state index contributed by atoms with van der Waals surface area (Å²) >= 11 is 1.78. The maximum Gasteiger partial charge on any atom is 0.0583 e. The third-order valence-corrected chi connectivity index (χ3v) is 3.13. The smallest absolute Gasteiger partial charge is 0.0583 e. The maximum absolute atomic E-state index is 3.40. The van der Waals surface area contributed by atoms with Gasteiger partial charge in [0.2, 0.25) is 0 Å². The molecule has 0 spiro atoms. The highest BCUT2D eigenvalue weighted by molar-refractivity contribution is 7.10. The third-order valence-electron chi connectivity index (χ3n) is 1.93. The molecule has 1 heterocycles. The molecule has 2 heteroatoms. The van der Waals surface area contributed by atoms with E-state index in [9.17, 15) is 0 Å². The molecular formula is C11H15NS. The van der Waals surface area contributed by atoms with Gasteiger partial charge in [0.1, 0.15) is 0 Å². The Bertz CT molecular complexity index is 301. The van der Waals surface area contributed by atoms with Crippen LogP contribution < -0.4 is 5.32 Å². The summed E-state index contributed by atoms with van der Waals surface area (Å²) < 4.78 is 0. The van der Waals surface area contributed by atoms with Crippen molar-refractivity contribution in [2.75, 3.05) is 6.54 Å². The fraction of sp³-hybridized carbons (Fsp3) is 0.455. The van der Waals surface area contributed by atoms with Crippen LogP contribution >= 0.6 is 11.3 Å².